The lowest BCUT2D eigenvalue weighted by Crippen LogP contribution is -2.48. The van der Waals surface area contributed by atoms with Crippen LogP contribution in [0.1, 0.15) is 20.3 Å². The standard InChI is InChI=1S/C14H26N6/c1-12(2)20-4-3-13(10-20)9-18-5-7-19(8-6-18)14-15-11-16-17-14/h11-13H,3-10H2,1-2H3,(H,15,16,17). The molecule has 2 aliphatic rings. The fourth-order valence-electron chi connectivity index (χ4n) is 3.34. The molecule has 2 aliphatic heterocycles. The first-order chi connectivity index (χ1) is 9.72. The molecule has 0 aromatic carbocycles. The molecule has 1 unspecified atom stereocenters. The van der Waals surface area contributed by atoms with E-state index in [0.717, 1.165) is 38.0 Å². The van der Waals surface area contributed by atoms with Crippen LogP contribution < -0.4 is 4.90 Å². The van der Waals surface area contributed by atoms with Crippen LogP contribution in [0.3, 0.4) is 0 Å². The summed E-state index contributed by atoms with van der Waals surface area (Å²) >= 11 is 0. The number of hydrogen-bond donors (Lipinski definition) is 1. The first-order valence-electron chi connectivity index (χ1n) is 7.79. The molecule has 20 heavy (non-hydrogen) atoms. The molecule has 0 bridgehead atoms. The number of hydrogen-bond acceptors (Lipinski definition) is 5. The van der Waals surface area contributed by atoms with E-state index in [1.165, 1.54) is 26.1 Å². The van der Waals surface area contributed by atoms with E-state index in [1.54, 1.807) is 6.33 Å². The maximum atomic E-state index is 4.23. The van der Waals surface area contributed by atoms with Gasteiger partial charge in [-0.3, -0.25) is 4.90 Å². The molecule has 6 heteroatoms. The molecule has 2 fully saturated rings. The summed E-state index contributed by atoms with van der Waals surface area (Å²) in [5.41, 5.74) is 0. The van der Waals surface area contributed by atoms with Crippen molar-refractivity contribution < 1.29 is 0 Å². The van der Waals surface area contributed by atoms with Crippen LogP contribution in [0.5, 0.6) is 0 Å². The summed E-state index contributed by atoms with van der Waals surface area (Å²) in [4.78, 5) is 11.7. The van der Waals surface area contributed by atoms with Crippen molar-refractivity contribution >= 4 is 5.95 Å². The first-order valence-corrected chi connectivity index (χ1v) is 7.79. The van der Waals surface area contributed by atoms with E-state index in [1.807, 2.05) is 0 Å². The Morgan fingerprint density at radius 2 is 2.05 bits per heavy atom. The normalized spacial score (nSPS) is 25.8. The van der Waals surface area contributed by atoms with Gasteiger partial charge in [0.15, 0.2) is 0 Å². The molecule has 0 radical (unpaired) electrons. The van der Waals surface area contributed by atoms with Gasteiger partial charge in [-0.2, -0.15) is 10.1 Å². The summed E-state index contributed by atoms with van der Waals surface area (Å²) in [6.45, 7) is 12.8. The van der Waals surface area contributed by atoms with Crippen LogP contribution in [0.4, 0.5) is 5.95 Å². The minimum absolute atomic E-state index is 0.697. The third-order valence-corrected chi connectivity index (χ3v) is 4.64. The van der Waals surface area contributed by atoms with E-state index in [9.17, 15) is 0 Å². The molecule has 2 saturated heterocycles. The van der Waals surface area contributed by atoms with Crippen molar-refractivity contribution in [3.63, 3.8) is 0 Å². The van der Waals surface area contributed by atoms with Gasteiger partial charge in [0, 0.05) is 45.3 Å². The van der Waals surface area contributed by atoms with Gasteiger partial charge < -0.3 is 9.80 Å². The van der Waals surface area contributed by atoms with Gasteiger partial charge in [-0.15, -0.1) is 0 Å². The fourth-order valence-corrected chi connectivity index (χ4v) is 3.34. The van der Waals surface area contributed by atoms with E-state index in [4.69, 9.17) is 0 Å². The Kier molecular flexibility index (Phi) is 4.21. The Morgan fingerprint density at radius 1 is 1.25 bits per heavy atom. The van der Waals surface area contributed by atoms with Crippen LogP contribution in [0.15, 0.2) is 6.33 Å². The topological polar surface area (TPSA) is 51.3 Å². The summed E-state index contributed by atoms with van der Waals surface area (Å²) < 4.78 is 0. The third-order valence-electron chi connectivity index (χ3n) is 4.64. The quantitative estimate of drug-likeness (QED) is 0.877. The average Bonchev–Trinajstić information content (AvgIpc) is 3.10. The van der Waals surface area contributed by atoms with E-state index in [-0.39, 0.29) is 0 Å². The van der Waals surface area contributed by atoms with Crippen LogP contribution in [0.2, 0.25) is 0 Å². The molecule has 0 saturated carbocycles. The van der Waals surface area contributed by atoms with Crippen molar-refractivity contribution in [1.82, 2.24) is 25.0 Å². The monoisotopic (exact) mass is 278 g/mol. The van der Waals surface area contributed by atoms with Gasteiger partial charge >= 0.3 is 0 Å². The highest BCUT2D eigenvalue weighted by Gasteiger charge is 2.27. The zero-order chi connectivity index (χ0) is 13.9. The Morgan fingerprint density at radius 3 is 2.65 bits per heavy atom. The highest BCUT2D eigenvalue weighted by molar-refractivity contribution is 5.27. The van der Waals surface area contributed by atoms with Gasteiger partial charge in [-0.25, -0.2) is 5.10 Å². The fraction of sp³-hybridized carbons (Fsp3) is 0.857. The minimum Gasteiger partial charge on any atom is -0.339 e. The maximum Gasteiger partial charge on any atom is 0.221 e. The number of aromatic nitrogens is 3. The molecule has 1 aromatic heterocycles. The molecule has 1 N–H and O–H groups in total. The number of nitrogens with one attached hydrogen (secondary N) is 1. The number of anilines is 1. The van der Waals surface area contributed by atoms with Crippen LogP contribution in [-0.4, -0.2) is 76.8 Å². The van der Waals surface area contributed by atoms with Crippen molar-refractivity contribution in [3.05, 3.63) is 6.33 Å². The summed E-state index contributed by atoms with van der Waals surface area (Å²) in [6, 6.07) is 0.697. The second-order valence-electron chi connectivity index (χ2n) is 6.34. The second kappa shape index (κ2) is 6.10. The lowest BCUT2D eigenvalue weighted by molar-refractivity contribution is 0.206. The van der Waals surface area contributed by atoms with E-state index in [0.29, 0.717) is 6.04 Å². The molecule has 0 spiro atoms. The molecular weight excluding hydrogens is 252 g/mol. The zero-order valence-electron chi connectivity index (χ0n) is 12.6. The second-order valence-corrected chi connectivity index (χ2v) is 6.34. The van der Waals surface area contributed by atoms with Gasteiger partial charge in [0.1, 0.15) is 6.33 Å². The van der Waals surface area contributed by atoms with Gasteiger partial charge in [-0.05, 0) is 32.7 Å². The van der Waals surface area contributed by atoms with Crippen molar-refractivity contribution in [1.29, 1.82) is 0 Å². The highest BCUT2D eigenvalue weighted by atomic mass is 15.4. The number of H-pyrrole nitrogens is 1. The Hall–Kier alpha value is -1.14. The number of aromatic amines is 1. The summed E-state index contributed by atoms with van der Waals surface area (Å²) in [5.74, 6) is 1.77. The maximum absolute atomic E-state index is 4.23. The molecule has 0 amide bonds. The van der Waals surface area contributed by atoms with Gasteiger partial charge in [0.25, 0.3) is 0 Å². The van der Waals surface area contributed by atoms with Crippen molar-refractivity contribution in [2.24, 2.45) is 5.92 Å². The molecule has 1 aromatic rings. The zero-order valence-corrected chi connectivity index (χ0v) is 12.6. The number of piperazine rings is 1. The number of nitrogens with zero attached hydrogens (tertiary/aromatic N) is 5. The van der Waals surface area contributed by atoms with Gasteiger partial charge in [0.05, 0.1) is 0 Å². The van der Waals surface area contributed by atoms with Crippen molar-refractivity contribution in [2.45, 2.75) is 26.3 Å². The Labute approximate surface area is 121 Å². The average molecular weight is 278 g/mol. The lowest BCUT2D eigenvalue weighted by atomic mass is 10.1. The Balaban J connectivity index is 1.43. The summed E-state index contributed by atoms with van der Waals surface area (Å²) in [7, 11) is 0. The van der Waals surface area contributed by atoms with Gasteiger partial charge in [-0.1, -0.05) is 0 Å². The molecule has 112 valence electrons. The van der Waals surface area contributed by atoms with Crippen LogP contribution >= 0.6 is 0 Å². The Bertz CT molecular complexity index is 396. The number of likely N-dealkylation sites (tertiary alicyclic amines) is 1. The van der Waals surface area contributed by atoms with Crippen LogP contribution in [0.25, 0.3) is 0 Å². The minimum atomic E-state index is 0.697. The molecule has 0 aliphatic carbocycles. The molecular formula is C14H26N6. The largest absolute Gasteiger partial charge is 0.339 e. The molecule has 3 rings (SSSR count). The third kappa shape index (κ3) is 3.12. The first kappa shape index (κ1) is 13.8. The number of rotatable bonds is 4. The van der Waals surface area contributed by atoms with Crippen molar-refractivity contribution in [3.8, 4) is 0 Å². The smallest absolute Gasteiger partial charge is 0.221 e. The summed E-state index contributed by atoms with van der Waals surface area (Å²) in [6.07, 6.45) is 2.95. The van der Waals surface area contributed by atoms with E-state index >= 15 is 0 Å². The molecule has 6 nitrogen and oxygen atoms in total. The summed E-state index contributed by atoms with van der Waals surface area (Å²) in [5, 5.41) is 6.88. The van der Waals surface area contributed by atoms with E-state index < -0.39 is 0 Å². The highest BCUT2D eigenvalue weighted by Crippen LogP contribution is 2.20. The molecule has 3 heterocycles. The lowest BCUT2D eigenvalue weighted by Gasteiger charge is -2.35. The van der Waals surface area contributed by atoms with Crippen molar-refractivity contribution in [2.75, 3.05) is 50.7 Å². The predicted molar refractivity (Wildman–Crippen MR) is 79.9 cm³/mol. The predicted octanol–water partition coefficient (Wildman–Crippen LogP) is 0.657. The van der Waals surface area contributed by atoms with Crippen LogP contribution in [-0.2, 0) is 0 Å². The molecule has 1 atom stereocenters. The van der Waals surface area contributed by atoms with E-state index in [2.05, 4.69) is 43.7 Å². The van der Waals surface area contributed by atoms with Gasteiger partial charge in [0.2, 0.25) is 5.95 Å². The SMILES string of the molecule is CC(C)N1CCC(CN2CCN(c3ncn[nH]3)CC2)C1. The van der Waals surface area contributed by atoms with Crippen LogP contribution in [0, 0.1) is 5.92 Å².